The van der Waals surface area contributed by atoms with Gasteiger partial charge in [0, 0.05) is 29.1 Å². The van der Waals surface area contributed by atoms with Crippen LogP contribution in [0.5, 0.6) is 0 Å². The summed E-state index contributed by atoms with van der Waals surface area (Å²) in [6.07, 6.45) is 2.20. The molecule has 0 atom stereocenters. The Kier molecular flexibility index (Phi) is 4.32. The number of alkyl halides is 1. The molecule has 1 aliphatic rings. The standard InChI is InChI=1S/C17H17BrClN/c18-16-6-5-15(12-19)17(11-16)20-9-7-13-3-1-2-4-14(13)8-10-20/h1-6,11H,7-10,12H2. The first-order valence-electron chi connectivity index (χ1n) is 6.94. The summed E-state index contributed by atoms with van der Waals surface area (Å²) in [6.45, 7) is 2.11. The van der Waals surface area contributed by atoms with E-state index < -0.39 is 0 Å². The molecule has 0 aliphatic carbocycles. The first-order valence-corrected chi connectivity index (χ1v) is 8.27. The van der Waals surface area contributed by atoms with Gasteiger partial charge in [0.25, 0.3) is 0 Å². The van der Waals surface area contributed by atoms with Gasteiger partial charge in [0.1, 0.15) is 0 Å². The van der Waals surface area contributed by atoms with Gasteiger partial charge in [0.2, 0.25) is 0 Å². The van der Waals surface area contributed by atoms with Gasteiger partial charge in [-0.1, -0.05) is 46.3 Å². The Bertz CT molecular complexity index is 585. The summed E-state index contributed by atoms with van der Waals surface area (Å²) in [4.78, 5) is 2.46. The number of rotatable bonds is 2. The van der Waals surface area contributed by atoms with Gasteiger partial charge < -0.3 is 4.90 Å². The van der Waals surface area contributed by atoms with Crippen LogP contribution >= 0.6 is 27.5 Å². The minimum atomic E-state index is 0.562. The fourth-order valence-corrected chi connectivity index (χ4v) is 3.43. The van der Waals surface area contributed by atoms with Crippen molar-refractivity contribution < 1.29 is 0 Å². The van der Waals surface area contributed by atoms with Gasteiger partial charge in [-0.2, -0.15) is 0 Å². The van der Waals surface area contributed by atoms with Crippen LogP contribution in [0.3, 0.4) is 0 Å². The van der Waals surface area contributed by atoms with E-state index in [1.54, 1.807) is 0 Å². The Morgan fingerprint density at radius 2 is 1.65 bits per heavy atom. The molecule has 2 aromatic rings. The number of fused-ring (bicyclic) bond motifs is 1. The zero-order valence-electron chi connectivity index (χ0n) is 11.3. The molecule has 104 valence electrons. The second-order valence-electron chi connectivity index (χ2n) is 5.16. The summed E-state index contributed by atoms with van der Waals surface area (Å²) >= 11 is 9.66. The lowest BCUT2D eigenvalue weighted by atomic mass is 10.0. The molecule has 3 rings (SSSR count). The summed E-state index contributed by atoms with van der Waals surface area (Å²) in [5.74, 6) is 0.562. The van der Waals surface area contributed by atoms with Crippen molar-refractivity contribution in [2.45, 2.75) is 18.7 Å². The van der Waals surface area contributed by atoms with Gasteiger partial charge in [0.15, 0.2) is 0 Å². The summed E-state index contributed by atoms with van der Waals surface area (Å²) < 4.78 is 1.11. The second kappa shape index (κ2) is 6.19. The third-order valence-corrected chi connectivity index (χ3v) is 4.73. The van der Waals surface area contributed by atoms with Gasteiger partial charge in [-0.15, -0.1) is 11.6 Å². The van der Waals surface area contributed by atoms with E-state index in [-0.39, 0.29) is 0 Å². The van der Waals surface area contributed by atoms with Gasteiger partial charge in [-0.25, -0.2) is 0 Å². The third-order valence-electron chi connectivity index (χ3n) is 3.95. The highest BCUT2D eigenvalue weighted by molar-refractivity contribution is 9.10. The van der Waals surface area contributed by atoms with Crippen molar-refractivity contribution in [2.24, 2.45) is 0 Å². The predicted molar refractivity (Wildman–Crippen MR) is 89.8 cm³/mol. The monoisotopic (exact) mass is 349 g/mol. The van der Waals surface area contributed by atoms with Crippen LogP contribution in [0.15, 0.2) is 46.9 Å². The molecule has 0 saturated heterocycles. The minimum absolute atomic E-state index is 0.562. The Morgan fingerprint density at radius 3 is 2.25 bits per heavy atom. The molecule has 1 aliphatic heterocycles. The predicted octanol–water partition coefficient (Wildman–Crippen LogP) is 4.79. The fourth-order valence-electron chi connectivity index (χ4n) is 2.85. The molecule has 0 radical (unpaired) electrons. The number of nitrogens with zero attached hydrogens (tertiary/aromatic N) is 1. The Morgan fingerprint density at radius 1 is 1.00 bits per heavy atom. The van der Waals surface area contributed by atoms with E-state index in [1.807, 2.05) is 0 Å². The maximum absolute atomic E-state index is 6.09. The first kappa shape index (κ1) is 14.0. The lowest BCUT2D eigenvalue weighted by Crippen LogP contribution is -2.26. The smallest absolute Gasteiger partial charge is 0.0494 e. The summed E-state index contributed by atoms with van der Waals surface area (Å²) in [6, 6.07) is 15.1. The van der Waals surface area contributed by atoms with Crippen molar-refractivity contribution in [1.29, 1.82) is 0 Å². The van der Waals surface area contributed by atoms with Crippen molar-refractivity contribution in [3.63, 3.8) is 0 Å². The molecule has 1 nitrogen and oxygen atoms in total. The molecule has 20 heavy (non-hydrogen) atoms. The van der Waals surface area contributed by atoms with Crippen LogP contribution < -0.4 is 4.90 Å². The first-order chi connectivity index (χ1) is 9.78. The molecule has 1 heterocycles. The molecule has 0 amide bonds. The molecule has 3 heteroatoms. The molecular formula is C17H17BrClN. The van der Waals surface area contributed by atoms with E-state index in [0.717, 1.165) is 30.4 Å². The van der Waals surface area contributed by atoms with Gasteiger partial charge >= 0.3 is 0 Å². The van der Waals surface area contributed by atoms with Crippen LogP contribution in [-0.4, -0.2) is 13.1 Å². The van der Waals surface area contributed by atoms with E-state index >= 15 is 0 Å². The van der Waals surface area contributed by atoms with Crippen LogP contribution in [0.2, 0.25) is 0 Å². The maximum Gasteiger partial charge on any atom is 0.0494 e. The number of hydrogen-bond acceptors (Lipinski definition) is 1. The van der Waals surface area contributed by atoms with Crippen LogP contribution in [0.4, 0.5) is 5.69 Å². The normalized spacial score (nSPS) is 14.8. The van der Waals surface area contributed by atoms with Gasteiger partial charge in [-0.05, 0) is 41.7 Å². The quantitative estimate of drug-likeness (QED) is 0.704. The lowest BCUT2D eigenvalue weighted by molar-refractivity contribution is 0.801. The Balaban J connectivity index is 1.88. The SMILES string of the molecule is ClCc1ccc(Br)cc1N1CCc2ccccc2CC1. The lowest BCUT2D eigenvalue weighted by Gasteiger charge is -2.25. The van der Waals surface area contributed by atoms with E-state index in [4.69, 9.17) is 11.6 Å². The van der Waals surface area contributed by atoms with E-state index in [9.17, 15) is 0 Å². The van der Waals surface area contributed by atoms with E-state index in [0.29, 0.717) is 5.88 Å². The van der Waals surface area contributed by atoms with Crippen molar-refractivity contribution in [2.75, 3.05) is 18.0 Å². The fraction of sp³-hybridized carbons (Fsp3) is 0.294. The Hall–Kier alpha value is -0.990. The average molecular weight is 351 g/mol. The highest BCUT2D eigenvalue weighted by Crippen LogP contribution is 2.28. The third kappa shape index (κ3) is 2.87. The second-order valence-corrected chi connectivity index (χ2v) is 6.35. The largest absolute Gasteiger partial charge is 0.371 e. The average Bonchev–Trinajstić information content (AvgIpc) is 2.70. The number of halogens is 2. The van der Waals surface area contributed by atoms with Gasteiger partial charge in [0.05, 0.1) is 0 Å². The molecule has 0 bridgehead atoms. The molecule has 0 fully saturated rings. The highest BCUT2D eigenvalue weighted by Gasteiger charge is 2.16. The minimum Gasteiger partial charge on any atom is -0.371 e. The zero-order chi connectivity index (χ0) is 13.9. The van der Waals surface area contributed by atoms with Crippen LogP contribution in [0.1, 0.15) is 16.7 Å². The van der Waals surface area contributed by atoms with Crippen molar-refractivity contribution in [3.05, 3.63) is 63.6 Å². The number of anilines is 1. The van der Waals surface area contributed by atoms with E-state index in [1.165, 1.54) is 22.4 Å². The topological polar surface area (TPSA) is 3.24 Å². The molecule has 0 aromatic heterocycles. The summed E-state index contributed by atoms with van der Waals surface area (Å²) in [5.41, 5.74) is 5.44. The summed E-state index contributed by atoms with van der Waals surface area (Å²) in [5, 5.41) is 0. The number of benzene rings is 2. The molecule has 2 aromatic carbocycles. The highest BCUT2D eigenvalue weighted by atomic mass is 79.9. The Labute approximate surface area is 133 Å². The maximum atomic E-state index is 6.09. The van der Waals surface area contributed by atoms with Crippen molar-refractivity contribution in [1.82, 2.24) is 0 Å². The molecule has 0 unspecified atom stereocenters. The number of hydrogen-bond donors (Lipinski definition) is 0. The molecule has 0 N–H and O–H groups in total. The van der Waals surface area contributed by atoms with E-state index in [2.05, 4.69) is 63.3 Å². The van der Waals surface area contributed by atoms with Crippen molar-refractivity contribution >= 4 is 33.2 Å². The molecule has 0 spiro atoms. The van der Waals surface area contributed by atoms with Crippen LogP contribution in [0, 0.1) is 0 Å². The molecule has 0 saturated carbocycles. The molecular weight excluding hydrogens is 334 g/mol. The van der Waals surface area contributed by atoms with Gasteiger partial charge in [-0.3, -0.25) is 0 Å². The summed E-state index contributed by atoms with van der Waals surface area (Å²) in [7, 11) is 0. The van der Waals surface area contributed by atoms with Crippen LogP contribution in [0.25, 0.3) is 0 Å². The van der Waals surface area contributed by atoms with Crippen LogP contribution in [-0.2, 0) is 18.7 Å². The van der Waals surface area contributed by atoms with Crippen molar-refractivity contribution in [3.8, 4) is 0 Å². The zero-order valence-corrected chi connectivity index (χ0v) is 13.6.